The van der Waals surface area contributed by atoms with Crippen LogP contribution in [0.2, 0.25) is 0 Å². The Morgan fingerprint density at radius 3 is 2.23 bits per heavy atom. The Bertz CT molecular complexity index is 827. The molecule has 4 nitrogen and oxygen atoms in total. The zero-order chi connectivity index (χ0) is 21.9. The number of aliphatic carboxylic acids is 1. The largest absolute Gasteiger partial charge is 0.481 e. The summed E-state index contributed by atoms with van der Waals surface area (Å²) in [5.41, 5.74) is 5.59. The maximum atomic E-state index is 12.4. The molecule has 0 bridgehead atoms. The highest BCUT2D eigenvalue weighted by Crippen LogP contribution is 2.26. The molecule has 2 aromatic rings. The van der Waals surface area contributed by atoms with Gasteiger partial charge in [-0.05, 0) is 53.6 Å². The minimum absolute atomic E-state index is 0.146. The van der Waals surface area contributed by atoms with Gasteiger partial charge < -0.3 is 10.0 Å². The van der Waals surface area contributed by atoms with E-state index >= 15 is 0 Å². The number of rotatable bonds is 12. The van der Waals surface area contributed by atoms with E-state index in [-0.39, 0.29) is 12.3 Å². The summed E-state index contributed by atoms with van der Waals surface area (Å²) in [6.45, 7) is 4.89. The monoisotopic (exact) mass is 409 g/mol. The van der Waals surface area contributed by atoms with Gasteiger partial charge in [-0.2, -0.15) is 0 Å². The van der Waals surface area contributed by atoms with Crippen molar-refractivity contribution < 1.29 is 14.7 Å². The third kappa shape index (κ3) is 7.66. The SMILES string of the molecule is CCCCCCCC(=O)N(C)Cc1ccc(C)c(-c2ccc(CCC(=O)O)cc2)c1. The number of unbranched alkanes of at least 4 members (excludes halogenated alkanes) is 4. The lowest BCUT2D eigenvalue weighted by atomic mass is 9.96. The average molecular weight is 410 g/mol. The second-order valence-corrected chi connectivity index (χ2v) is 8.15. The van der Waals surface area contributed by atoms with Gasteiger partial charge in [-0.15, -0.1) is 0 Å². The van der Waals surface area contributed by atoms with E-state index in [2.05, 4.69) is 44.2 Å². The number of benzene rings is 2. The fourth-order valence-corrected chi connectivity index (χ4v) is 3.61. The van der Waals surface area contributed by atoms with Crippen LogP contribution in [0.5, 0.6) is 0 Å². The standard InChI is InChI=1S/C26H35NO3/c1-4-5-6-7-8-9-25(28)27(3)19-22-11-10-20(2)24(18-22)23-15-12-21(13-16-23)14-17-26(29)30/h10-13,15-16,18H,4-9,14,17,19H2,1-3H3,(H,29,30). The number of carbonyl (C=O) groups excluding carboxylic acids is 1. The molecule has 0 aliphatic rings. The Kier molecular flexibility index (Phi) is 9.59. The zero-order valence-corrected chi connectivity index (χ0v) is 18.6. The fraction of sp³-hybridized carbons (Fsp3) is 0.462. The minimum Gasteiger partial charge on any atom is -0.481 e. The Balaban J connectivity index is 1.99. The maximum Gasteiger partial charge on any atom is 0.303 e. The van der Waals surface area contributed by atoms with Gasteiger partial charge in [-0.1, -0.05) is 69.0 Å². The van der Waals surface area contributed by atoms with E-state index in [1.165, 1.54) is 24.8 Å². The highest BCUT2D eigenvalue weighted by Gasteiger charge is 2.11. The molecule has 0 aromatic heterocycles. The van der Waals surface area contributed by atoms with E-state index < -0.39 is 5.97 Å². The molecular weight excluding hydrogens is 374 g/mol. The van der Waals surface area contributed by atoms with Crippen LogP contribution in [0.1, 0.15) is 68.6 Å². The second kappa shape index (κ2) is 12.2. The molecule has 2 rings (SSSR count). The van der Waals surface area contributed by atoms with Gasteiger partial charge in [0.1, 0.15) is 0 Å². The predicted octanol–water partition coefficient (Wildman–Crippen LogP) is 6.00. The van der Waals surface area contributed by atoms with Gasteiger partial charge in [0.05, 0.1) is 0 Å². The van der Waals surface area contributed by atoms with Crippen molar-refractivity contribution in [2.24, 2.45) is 0 Å². The van der Waals surface area contributed by atoms with Crippen molar-refractivity contribution in [3.05, 3.63) is 59.2 Å². The number of nitrogens with zero attached hydrogens (tertiary/aromatic N) is 1. The lowest BCUT2D eigenvalue weighted by molar-refractivity contribution is -0.137. The number of carboxylic acids is 1. The van der Waals surface area contributed by atoms with Crippen molar-refractivity contribution in [2.45, 2.75) is 71.8 Å². The molecule has 1 N–H and O–H groups in total. The molecule has 0 heterocycles. The van der Waals surface area contributed by atoms with Gasteiger partial charge in [0.25, 0.3) is 0 Å². The first-order chi connectivity index (χ1) is 14.4. The normalized spacial score (nSPS) is 10.8. The van der Waals surface area contributed by atoms with Crippen molar-refractivity contribution in [3.63, 3.8) is 0 Å². The first-order valence-corrected chi connectivity index (χ1v) is 11.0. The summed E-state index contributed by atoms with van der Waals surface area (Å²) in [5, 5.41) is 8.84. The number of hydrogen-bond donors (Lipinski definition) is 1. The molecule has 0 saturated heterocycles. The average Bonchev–Trinajstić information content (AvgIpc) is 2.73. The van der Waals surface area contributed by atoms with Crippen molar-refractivity contribution in [1.82, 2.24) is 4.90 Å². The van der Waals surface area contributed by atoms with Crippen molar-refractivity contribution in [2.75, 3.05) is 7.05 Å². The Morgan fingerprint density at radius 1 is 0.900 bits per heavy atom. The van der Waals surface area contributed by atoms with E-state index in [1.807, 2.05) is 24.1 Å². The smallest absolute Gasteiger partial charge is 0.303 e. The van der Waals surface area contributed by atoms with Crippen LogP contribution in [-0.2, 0) is 22.6 Å². The Morgan fingerprint density at radius 2 is 1.57 bits per heavy atom. The molecule has 162 valence electrons. The number of carboxylic acid groups (broad SMARTS) is 1. The summed E-state index contributed by atoms with van der Waals surface area (Å²) in [5.74, 6) is -0.571. The van der Waals surface area contributed by atoms with E-state index in [0.29, 0.717) is 19.4 Å². The molecule has 0 saturated carbocycles. The van der Waals surface area contributed by atoms with E-state index in [1.54, 1.807) is 0 Å². The highest BCUT2D eigenvalue weighted by molar-refractivity contribution is 5.76. The van der Waals surface area contributed by atoms with Gasteiger partial charge in [0.2, 0.25) is 5.91 Å². The first kappa shape index (κ1) is 23.7. The highest BCUT2D eigenvalue weighted by atomic mass is 16.4. The molecule has 0 aliphatic carbocycles. The summed E-state index contributed by atoms with van der Waals surface area (Å²) in [6, 6.07) is 14.4. The van der Waals surface area contributed by atoms with Gasteiger partial charge in [-0.3, -0.25) is 9.59 Å². The maximum absolute atomic E-state index is 12.4. The van der Waals surface area contributed by atoms with Crippen LogP contribution in [0, 0.1) is 6.92 Å². The zero-order valence-electron chi connectivity index (χ0n) is 18.6. The van der Waals surface area contributed by atoms with E-state index in [9.17, 15) is 9.59 Å². The van der Waals surface area contributed by atoms with E-state index in [4.69, 9.17) is 5.11 Å². The molecule has 30 heavy (non-hydrogen) atoms. The Labute approximate surface area is 180 Å². The lowest BCUT2D eigenvalue weighted by Crippen LogP contribution is -2.25. The molecule has 0 radical (unpaired) electrons. The lowest BCUT2D eigenvalue weighted by Gasteiger charge is -2.18. The van der Waals surface area contributed by atoms with Crippen LogP contribution >= 0.6 is 0 Å². The third-order valence-corrected chi connectivity index (χ3v) is 5.53. The first-order valence-electron chi connectivity index (χ1n) is 11.0. The number of amides is 1. The van der Waals surface area contributed by atoms with Gasteiger partial charge in [0, 0.05) is 26.4 Å². The summed E-state index contributed by atoms with van der Waals surface area (Å²) < 4.78 is 0. The topological polar surface area (TPSA) is 57.6 Å². The van der Waals surface area contributed by atoms with Crippen molar-refractivity contribution in [3.8, 4) is 11.1 Å². The van der Waals surface area contributed by atoms with Crippen LogP contribution in [0.4, 0.5) is 0 Å². The molecule has 1 amide bonds. The molecule has 0 atom stereocenters. The fourth-order valence-electron chi connectivity index (χ4n) is 3.61. The summed E-state index contributed by atoms with van der Waals surface area (Å²) >= 11 is 0. The molecule has 0 spiro atoms. The molecule has 4 heteroatoms. The summed E-state index contributed by atoms with van der Waals surface area (Å²) in [7, 11) is 1.88. The van der Waals surface area contributed by atoms with Crippen LogP contribution < -0.4 is 0 Å². The van der Waals surface area contributed by atoms with E-state index in [0.717, 1.165) is 35.1 Å². The summed E-state index contributed by atoms with van der Waals surface area (Å²) in [4.78, 5) is 25.0. The molecule has 0 fully saturated rings. The predicted molar refractivity (Wildman–Crippen MR) is 122 cm³/mol. The molecular formula is C26H35NO3. The minimum atomic E-state index is -0.776. The van der Waals surface area contributed by atoms with Crippen LogP contribution in [0.25, 0.3) is 11.1 Å². The van der Waals surface area contributed by atoms with Crippen molar-refractivity contribution >= 4 is 11.9 Å². The van der Waals surface area contributed by atoms with Crippen molar-refractivity contribution in [1.29, 1.82) is 0 Å². The van der Waals surface area contributed by atoms with Gasteiger partial charge in [0.15, 0.2) is 0 Å². The number of aryl methyl sites for hydroxylation is 2. The van der Waals surface area contributed by atoms with Gasteiger partial charge in [-0.25, -0.2) is 0 Å². The van der Waals surface area contributed by atoms with Crippen LogP contribution in [-0.4, -0.2) is 28.9 Å². The quantitative estimate of drug-likeness (QED) is 0.438. The van der Waals surface area contributed by atoms with Crippen LogP contribution in [0.3, 0.4) is 0 Å². The van der Waals surface area contributed by atoms with Crippen LogP contribution in [0.15, 0.2) is 42.5 Å². The molecule has 2 aromatic carbocycles. The number of carbonyl (C=O) groups is 2. The molecule has 0 aliphatic heterocycles. The Hall–Kier alpha value is -2.62. The molecule has 0 unspecified atom stereocenters. The van der Waals surface area contributed by atoms with Gasteiger partial charge >= 0.3 is 5.97 Å². The summed E-state index contributed by atoms with van der Waals surface area (Å²) in [6.07, 6.45) is 7.08. The third-order valence-electron chi connectivity index (χ3n) is 5.53. The second-order valence-electron chi connectivity index (χ2n) is 8.15. The number of hydrogen-bond acceptors (Lipinski definition) is 2.